The first-order valence-electron chi connectivity index (χ1n) is 6.01. The molecule has 1 heterocycles. The Morgan fingerprint density at radius 2 is 2.12 bits per heavy atom. The lowest BCUT2D eigenvalue weighted by Gasteiger charge is -2.02. The molecule has 0 saturated heterocycles. The molecular weight excluding hydrogens is 214 g/mol. The van der Waals surface area contributed by atoms with Gasteiger partial charge in [-0.2, -0.15) is 0 Å². The molecular formula is C14H17NO2. The van der Waals surface area contributed by atoms with Gasteiger partial charge in [0.25, 0.3) is 0 Å². The van der Waals surface area contributed by atoms with Crippen LogP contribution in [0.15, 0.2) is 30.5 Å². The molecule has 0 fully saturated rings. The minimum atomic E-state index is -0.775. The maximum atomic E-state index is 10.8. The topological polar surface area (TPSA) is 42.2 Å². The number of rotatable bonds is 5. The van der Waals surface area contributed by atoms with Crippen LogP contribution in [0.25, 0.3) is 10.9 Å². The fraction of sp³-hybridized carbons (Fsp3) is 0.357. The first-order valence-corrected chi connectivity index (χ1v) is 6.01. The molecule has 0 aliphatic heterocycles. The molecule has 0 radical (unpaired) electrons. The molecule has 17 heavy (non-hydrogen) atoms. The highest BCUT2D eigenvalue weighted by molar-refractivity contribution is 5.87. The van der Waals surface area contributed by atoms with Gasteiger partial charge in [0.2, 0.25) is 0 Å². The van der Waals surface area contributed by atoms with Crippen LogP contribution in [0.3, 0.4) is 0 Å². The summed E-state index contributed by atoms with van der Waals surface area (Å²) >= 11 is 0. The number of fused-ring (bicyclic) bond motifs is 1. The molecule has 0 bridgehead atoms. The van der Waals surface area contributed by atoms with Gasteiger partial charge in [0.15, 0.2) is 0 Å². The highest BCUT2D eigenvalue weighted by Crippen LogP contribution is 2.22. The molecule has 0 atom stereocenters. The number of carboxylic acids is 1. The molecule has 2 aromatic rings. The summed E-state index contributed by atoms with van der Waals surface area (Å²) in [6.45, 7) is 3.11. The molecule has 1 aromatic heterocycles. The van der Waals surface area contributed by atoms with Gasteiger partial charge < -0.3 is 9.67 Å². The van der Waals surface area contributed by atoms with E-state index >= 15 is 0 Å². The number of nitrogens with zero attached hydrogens (tertiary/aromatic N) is 1. The van der Waals surface area contributed by atoms with Crippen LogP contribution in [0, 0.1) is 0 Å². The van der Waals surface area contributed by atoms with Crippen LogP contribution in [0.4, 0.5) is 0 Å². The van der Waals surface area contributed by atoms with Crippen LogP contribution in [0.5, 0.6) is 0 Å². The number of carbonyl (C=O) groups is 1. The Morgan fingerprint density at radius 3 is 2.82 bits per heavy atom. The maximum absolute atomic E-state index is 10.8. The van der Waals surface area contributed by atoms with E-state index in [-0.39, 0.29) is 6.42 Å². The lowest BCUT2D eigenvalue weighted by Crippen LogP contribution is -1.99. The second kappa shape index (κ2) is 5.04. The Morgan fingerprint density at radius 1 is 1.35 bits per heavy atom. The van der Waals surface area contributed by atoms with Gasteiger partial charge in [0, 0.05) is 23.6 Å². The Labute approximate surface area is 101 Å². The molecule has 0 amide bonds. The van der Waals surface area contributed by atoms with Crippen molar-refractivity contribution in [2.45, 2.75) is 32.7 Å². The van der Waals surface area contributed by atoms with Crippen molar-refractivity contribution >= 4 is 16.9 Å². The van der Waals surface area contributed by atoms with E-state index in [9.17, 15) is 4.79 Å². The van der Waals surface area contributed by atoms with E-state index < -0.39 is 5.97 Å². The molecule has 3 nitrogen and oxygen atoms in total. The molecule has 3 heteroatoms. The molecule has 0 aliphatic carbocycles. The summed E-state index contributed by atoms with van der Waals surface area (Å²) < 4.78 is 2.16. The average molecular weight is 231 g/mol. The van der Waals surface area contributed by atoms with Gasteiger partial charge in [-0.25, -0.2) is 0 Å². The van der Waals surface area contributed by atoms with Crippen molar-refractivity contribution in [1.29, 1.82) is 0 Å². The molecule has 1 aromatic carbocycles. The summed E-state index contributed by atoms with van der Waals surface area (Å²) in [6, 6.07) is 8.00. The lowest BCUT2D eigenvalue weighted by molar-refractivity contribution is -0.136. The summed E-state index contributed by atoms with van der Waals surface area (Å²) in [5.41, 5.74) is 2.04. The third-order valence-electron chi connectivity index (χ3n) is 2.97. The predicted octanol–water partition coefficient (Wildman–Crippen LogP) is 3.07. The van der Waals surface area contributed by atoms with E-state index in [1.54, 1.807) is 0 Å². The summed E-state index contributed by atoms with van der Waals surface area (Å²) in [4.78, 5) is 10.8. The molecule has 0 saturated carbocycles. The number of aryl methyl sites for hydroxylation is 1. The van der Waals surface area contributed by atoms with E-state index in [0.29, 0.717) is 0 Å². The van der Waals surface area contributed by atoms with Crippen LogP contribution in [-0.2, 0) is 17.8 Å². The zero-order valence-electron chi connectivity index (χ0n) is 10.0. The fourth-order valence-electron chi connectivity index (χ4n) is 2.14. The number of hydrogen-bond donors (Lipinski definition) is 1. The largest absolute Gasteiger partial charge is 0.481 e. The normalized spacial score (nSPS) is 10.9. The zero-order chi connectivity index (χ0) is 12.3. The SMILES string of the molecule is CCCCn1cc(CC(=O)O)c2ccccc21. The number of carboxylic acid groups (broad SMARTS) is 1. The molecule has 0 unspecified atom stereocenters. The smallest absolute Gasteiger partial charge is 0.307 e. The minimum Gasteiger partial charge on any atom is -0.481 e. The second-order valence-corrected chi connectivity index (χ2v) is 4.29. The summed E-state index contributed by atoms with van der Waals surface area (Å²) in [7, 11) is 0. The molecule has 2 rings (SSSR count). The lowest BCUT2D eigenvalue weighted by atomic mass is 10.1. The van der Waals surface area contributed by atoms with Crippen LogP contribution in [0.1, 0.15) is 25.3 Å². The Kier molecular flexibility index (Phi) is 3.47. The molecule has 0 aliphatic rings. The first-order chi connectivity index (χ1) is 8.22. The van der Waals surface area contributed by atoms with Crippen molar-refractivity contribution in [3.05, 3.63) is 36.0 Å². The highest BCUT2D eigenvalue weighted by Gasteiger charge is 2.10. The van der Waals surface area contributed by atoms with Gasteiger partial charge in [0.1, 0.15) is 0 Å². The van der Waals surface area contributed by atoms with Crippen molar-refractivity contribution in [3.63, 3.8) is 0 Å². The fourth-order valence-corrected chi connectivity index (χ4v) is 2.14. The minimum absolute atomic E-state index is 0.0969. The quantitative estimate of drug-likeness (QED) is 0.859. The van der Waals surface area contributed by atoms with Crippen LogP contribution < -0.4 is 0 Å². The van der Waals surface area contributed by atoms with E-state index in [0.717, 1.165) is 35.9 Å². The number of unbranched alkanes of at least 4 members (excludes halogenated alkanes) is 1. The summed E-state index contributed by atoms with van der Waals surface area (Å²) in [6.07, 6.45) is 4.33. The van der Waals surface area contributed by atoms with Gasteiger partial charge in [-0.15, -0.1) is 0 Å². The standard InChI is InChI=1S/C14H17NO2/c1-2-3-8-15-10-11(9-14(16)17)12-6-4-5-7-13(12)15/h4-7,10H,2-3,8-9H2,1H3,(H,16,17). The van der Waals surface area contributed by atoms with Gasteiger partial charge >= 0.3 is 5.97 Å². The predicted molar refractivity (Wildman–Crippen MR) is 68.2 cm³/mol. The molecule has 0 spiro atoms. The zero-order valence-corrected chi connectivity index (χ0v) is 10.0. The Bertz CT molecular complexity index is 528. The van der Waals surface area contributed by atoms with E-state index in [1.807, 2.05) is 24.4 Å². The number of benzene rings is 1. The average Bonchev–Trinajstić information content (AvgIpc) is 2.65. The number of aromatic nitrogens is 1. The van der Waals surface area contributed by atoms with Crippen molar-refractivity contribution in [2.24, 2.45) is 0 Å². The first kappa shape index (κ1) is 11.7. The van der Waals surface area contributed by atoms with E-state index in [1.165, 1.54) is 0 Å². The number of hydrogen-bond acceptors (Lipinski definition) is 1. The van der Waals surface area contributed by atoms with Gasteiger partial charge in [-0.3, -0.25) is 4.79 Å². The summed E-state index contributed by atoms with van der Waals surface area (Å²) in [5.74, 6) is -0.775. The van der Waals surface area contributed by atoms with Crippen molar-refractivity contribution in [2.75, 3.05) is 0 Å². The maximum Gasteiger partial charge on any atom is 0.307 e. The van der Waals surface area contributed by atoms with Crippen LogP contribution >= 0.6 is 0 Å². The van der Waals surface area contributed by atoms with Crippen LogP contribution in [0.2, 0.25) is 0 Å². The van der Waals surface area contributed by atoms with Crippen molar-refractivity contribution in [3.8, 4) is 0 Å². The van der Waals surface area contributed by atoms with Gasteiger partial charge in [-0.1, -0.05) is 31.5 Å². The number of aliphatic carboxylic acids is 1. The van der Waals surface area contributed by atoms with E-state index in [2.05, 4.69) is 17.6 Å². The van der Waals surface area contributed by atoms with Gasteiger partial charge in [0.05, 0.1) is 6.42 Å². The van der Waals surface area contributed by atoms with Crippen LogP contribution in [-0.4, -0.2) is 15.6 Å². The second-order valence-electron chi connectivity index (χ2n) is 4.29. The number of para-hydroxylation sites is 1. The van der Waals surface area contributed by atoms with Crippen molar-refractivity contribution in [1.82, 2.24) is 4.57 Å². The Hall–Kier alpha value is -1.77. The van der Waals surface area contributed by atoms with E-state index in [4.69, 9.17) is 5.11 Å². The molecule has 90 valence electrons. The summed E-state index contributed by atoms with van der Waals surface area (Å²) in [5, 5.41) is 9.96. The Balaban J connectivity index is 2.42. The monoisotopic (exact) mass is 231 g/mol. The third kappa shape index (κ3) is 2.49. The van der Waals surface area contributed by atoms with Gasteiger partial charge in [-0.05, 0) is 18.1 Å². The van der Waals surface area contributed by atoms with Crippen molar-refractivity contribution < 1.29 is 9.90 Å². The third-order valence-corrected chi connectivity index (χ3v) is 2.97. The molecule has 1 N–H and O–H groups in total. The highest BCUT2D eigenvalue weighted by atomic mass is 16.4.